The van der Waals surface area contributed by atoms with Gasteiger partial charge in [0.25, 0.3) is 0 Å². The van der Waals surface area contributed by atoms with Crippen LogP contribution in [0.15, 0.2) is 18.2 Å². The number of carbonyl (C=O) groups is 1. The number of hydrogen-bond donors (Lipinski definition) is 2. The molecule has 1 aliphatic rings. The number of nitrogens with one attached hydrogen (secondary N) is 1. The molecule has 1 fully saturated rings. The first kappa shape index (κ1) is 16.2. The summed E-state index contributed by atoms with van der Waals surface area (Å²) in [6.07, 6.45) is 2.63. The molecule has 6 heteroatoms. The van der Waals surface area contributed by atoms with Crippen molar-refractivity contribution >= 4 is 23.2 Å². The van der Waals surface area contributed by atoms with Gasteiger partial charge in [0.05, 0.1) is 17.7 Å². The van der Waals surface area contributed by atoms with E-state index in [-0.39, 0.29) is 29.5 Å². The number of aliphatic hydroxyl groups excluding tert-OH is 1. The number of rotatable bonds is 5. The normalized spacial score (nSPS) is 21.8. The van der Waals surface area contributed by atoms with Crippen molar-refractivity contribution in [2.75, 3.05) is 25.5 Å². The highest BCUT2D eigenvalue weighted by molar-refractivity contribution is 6.31. The molecule has 0 spiro atoms. The molecule has 0 aromatic heterocycles. The Balaban J connectivity index is 1.81. The van der Waals surface area contributed by atoms with Crippen molar-refractivity contribution in [3.8, 4) is 0 Å². The summed E-state index contributed by atoms with van der Waals surface area (Å²) < 4.78 is 13.0. The Morgan fingerprint density at radius 3 is 2.90 bits per heavy atom. The molecule has 1 saturated carbocycles. The number of aliphatic hydroxyl groups is 1. The topological polar surface area (TPSA) is 52.6 Å². The molecule has 1 aromatic rings. The Morgan fingerprint density at radius 1 is 1.52 bits per heavy atom. The molecule has 1 amide bonds. The first-order valence-electron chi connectivity index (χ1n) is 7.07. The predicted molar refractivity (Wildman–Crippen MR) is 80.9 cm³/mol. The molecule has 0 saturated heterocycles. The van der Waals surface area contributed by atoms with E-state index in [1.807, 2.05) is 11.9 Å². The third-order valence-electron chi connectivity index (χ3n) is 3.78. The van der Waals surface area contributed by atoms with Gasteiger partial charge in [0.2, 0.25) is 5.91 Å². The van der Waals surface area contributed by atoms with Crippen molar-refractivity contribution in [2.45, 2.75) is 25.4 Å². The van der Waals surface area contributed by atoms with E-state index in [4.69, 9.17) is 11.6 Å². The number of hydrogen-bond acceptors (Lipinski definition) is 3. The van der Waals surface area contributed by atoms with Gasteiger partial charge in [-0.3, -0.25) is 9.69 Å². The standard InChI is InChI=1S/C15H20ClFN2O2/c1-19(8-10-3-2-4-14(10)20)9-15(21)18-11-5-6-13(17)12(16)7-11/h5-7,10,14,20H,2-4,8-9H2,1H3,(H,18,21). The quantitative estimate of drug-likeness (QED) is 0.878. The van der Waals surface area contributed by atoms with Gasteiger partial charge < -0.3 is 10.4 Å². The first-order chi connectivity index (χ1) is 9.95. The molecule has 0 bridgehead atoms. The maximum atomic E-state index is 13.0. The molecule has 0 aliphatic heterocycles. The monoisotopic (exact) mass is 314 g/mol. The Hall–Kier alpha value is -1.17. The zero-order valence-corrected chi connectivity index (χ0v) is 12.7. The fraction of sp³-hybridized carbons (Fsp3) is 0.533. The van der Waals surface area contributed by atoms with Crippen LogP contribution in [0.1, 0.15) is 19.3 Å². The molecule has 21 heavy (non-hydrogen) atoms. The minimum absolute atomic E-state index is 0.0183. The number of nitrogens with zero attached hydrogens (tertiary/aromatic N) is 1. The van der Waals surface area contributed by atoms with Gasteiger partial charge in [0.15, 0.2) is 0 Å². The molecule has 2 N–H and O–H groups in total. The highest BCUT2D eigenvalue weighted by Crippen LogP contribution is 2.26. The van der Waals surface area contributed by atoms with Crippen LogP contribution in [-0.4, -0.2) is 42.2 Å². The van der Waals surface area contributed by atoms with Gasteiger partial charge in [0, 0.05) is 12.2 Å². The van der Waals surface area contributed by atoms with E-state index in [9.17, 15) is 14.3 Å². The SMILES string of the molecule is CN(CC(=O)Nc1ccc(F)c(Cl)c1)CC1CCCC1O. The minimum atomic E-state index is -0.512. The number of benzene rings is 1. The summed E-state index contributed by atoms with van der Waals surface area (Å²) in [5.74, 6) is -0.460. The van der Waals surface area contributed by atoms with Crippen LogP contribution in [0.4, 0.5) is 10.1 Å². The van der Waals surface area contributed by atoms with Gasteiger partial charge in [-0.1, -0.05) is 18.0 Å². The van der Waals surface area contributed by atoms with E-state index in [0.29, 0.717) is 12.2 Å². The summed E-state index contributed by atoms with van der Waals surface area (Å²) in [6.45, 7) is 0.914. The molecule has 1 aliphatic carbocycles. The lowest BCUT2D eigenvalue weighted by Crippen LogP contribution is -2.35. The number of anilines is 1. The molecule has 4 nitrogen and oxygen atoms in total. The molecule has 2 rings (SSSR count). The van der Waals surface area contributed by atoms with Gasteiger partial charge >= 0.3 is 0 Å². The molecule has 0 heterocycles. The largest absolute Gasteiger partial charge is 0.393 e. The van der Waals surface area contributed by atoms with E-state index in [1.165, 1.54) is 18.2 Å². The molecule has 1 aromatic carbocycles. The third-order valence-corrected chi connectivity index (χ3v) is 4.07. The lowest BCUT2D eigenvalue weighted by molar-refractivity contribution is -0.117. The van der Waals surface area contributed by atoms with E-state index in [2.05, 4.69) is 5.32 Å². The predicted octanol–water partition coefficient (Wildman–Crippen LogP) is 2.51. The molecular formula is C15H20ClFN2O2. The van der Waals surface area contributed by atoms with E-state index < -0.39 is 5.82 Å². The Kier molecular flexibility index (Phi) is 5.56. The minimum Gasteiger partial charge on any atom is -0.393 e. The average Bonchev–Trinajstić information content (AvgIpc) is 2.79. The first-order valence-corrected chi connectivity index (χ1v) is 7.45. The van der Waals surface area contributed by atoms with Gasteiger partial charge in [0.1, 0.15) is 5.82 Å². The fourth-order valence-corrected chi connectivity index (χ4v) is 2.90. The van der Waals surface area contributed by atoms with Crippen molar-refractivity contribution < 1.29 is 14.3 Å². The van der Waals surface area contributed by atoms with E-state index >= 15 is 0 Å². The lowest BCUT2D eigenvalue weighted by Gasteiger charge is -2.22. The number of carbonyl (C=O) groups excluding carboxylic acids is 1. The Labute approximate surface area is 128 Å². The Morgan fingerprint density at radius 2 is 2.29 bits per heavy atom. The summed E-state index contributed by atoms with van der Waals surface area (Å²) in [5.41, 5.74) is 0.473. The molecule has 0 radical (unpaired) electrons. The highest BCUT2D eigenvalue weighted by Gasteiger charge is 2.26. The summed E-state index contributed by atoms with van der Waals surface area (Å²) >= 11 is 5.67. The summed E-state index contributed by atoms with van der Waals surface area (Å²) in [7, 11) is 1.85. The molecule has 116 valence electrons. The maximum Gasteiger partial charge on any atom is 0.238 e. The van der Waals surface area contributed by atoms with Crippen LogP contribution < -0.4 is 5.32 Å². The number of likely N-dealkylation sites (N-methyl/N-ethyl adjacent to an activating group) is 1. The van der Waals surface area contributed by atoms with Crippen molar-refractivity contribution in [1.82, 2.24) is 4.90 Å². The second-order valence-electron chi connectivity index (χ2n) is 5.63. The number of halogens is 2. The molecule has 2 unspecified atom stereocenters. The smallest absolute Gasteiger partial charge is 0.238 e. The van der Waals surface area contributed by atoms with Crippen LogP contribution in [0.2, 0.25) is 5.02 Å². The van der Waals surface area contributed by atoms with E-state index in [0.717, 1.165) is 19.3 Å². The van der Waals surface area contributed by atoms with Gasteiger partial charge in [-0.15, -0.1) is 0 Å². The van der Waals surface area contributed by atoms with Gasteiger partial charge in [-0.05, 0) is 44.0 Å². The van der Waals surface area contributed by atoms with Crippen molar-refractivity contribution in [3.63, 3.8) is 0 Å². The van der Waals surface area contributed by atoms with Crippen LogP contribution in [0.25, 0.3) is 0 Å². The average molecular weight is 315 g/mol. The van der Waals surface area contributed by atoms with Crippen molar-refractivity contribution in [1.29, 1.82) is 0 Å². The van der Waals surface area contributed by atoms with Gasteiger partial charge in [-0.25, -0.2) is 4.39 Å². The zero-order valence-electron chi connectivity index (χ0n) is 12.0. The highest BCUT2D eigenvalue weighted by atomic mass is 35.5. The molecular weight excluding hydrogens is 295 g/mol. The van der Waals surface area contributed by atoms with E-state index in [1.54, 1.807) is 0 Å². The second kappa shape index (κ2) is 7.20. The third kappa shape index (κ3) is 4.66. The van der Waals surface area contributed by atoms with Crippen LogP contribution >= 0.6 is 11.6 Å². The summed E-state index contributed by atoms with van der Waals surface area (Å²) in [6, 6.07) is 4.08. The fourth-order valence-electron chi connectivity index (χ4n) is 2.71. The molecule has 2 atom stereocenters. The zero-order chi connectivity index (χ0) is 15.4. The van der Waals surface area contributed by atoms with Crippen molar-refractivity contribution in [3.05, 3.63) is 29.0 Å². The summed E-state index contributed by atoms with van der Waals surface area (Å²) in [4.78, 5) is 13.8. The summed E-state index contributed by atoms with van der Waals surface area (Å²) in [5, 5.41) is 12.5. The Bertz CT molecular complexity index is 512. The van der Waals surface area contributed by atoms with Crippen LogP contribution in [-0.2, 0) is 4.79 Å². The van der Waals surface area contributed by atoms with Crippen LogP contribution in [0.3, 0.4) is 0 Å². The van der Waals surface area contributed by atoms with Gasteiger partial charge in [-0.2, -0.15) is 0 Å². The number of amides is 1. The lowest BCUT2D eigenvalue weighted by atomic mass is 10.1. The second-order valence-corrected chi connectivity index (χ2v) is 6.04. The maximum absolute atomic E-state index is 13.0. The van der Waals surface area contributed by atoms with Crippen molar-refractivity contribution in [2.24, 2.45) is 5.92 Å². The van der Waals surface area contributed by atoms with Crippen LogP contribution in [0, 0.1) is 11.7 Å². The van der Waals surface area contributed by atoms with Crippen LogP contribution in [0.5, 0.6) is 0 Å².